The summed E-state index contributed by atoms with van der Waals surface area (Å²) < 4.78 is 124. The van der Waals surface area contributed by atoms with Gasteiger partial charge in [-0.1, -0.05) is 0 Å². The largest absolute Gasteiger partial charge is 0.400 e. The second kappa shape index (κ2) is 9.24. The molecule has 4 rings (SSSR count). The van der Waals surface area contributed by atoms with Gasteiger partial charge in [-0.2, -0.15) is 26.3 Å². The van der Waals surface area contributed by atoms with Gasteiger partial charge in [-0.3, -0.25) is 14.3 Å². The van der Waals surface area contributed by atoms with Gasteiger partial charge in [-0.05, 0) is 44.6 Å². The first-order valence-corrected chi connectivity index (χ1v) is 11.4. The Labute approximate surface area is 203 Å². The van der Waals surface area contributed by atoms with Crippen molar-refractivity contribution in [3.8, 4) is 0 Å². The number of H-pyrrole nitrogens is 1. The molecule has 1 aromatic heterocycles. The number of fused-ring (bicyclic) bond motifs is 1. The molecule has 2 unspecified atom stereocenters. The second-order valence-corrected chi connectivity index (χ2v) is 9.62. The van der Waals surface area contributed by atoms with Crippen molar-refractivity contribution < 1.29 is 39.5 Å². The number of aromatic amines is 1. The van der Waals surface area contributed by atoms with Crippen LogP contribution in [0.4, 0.5) is 45.2 Å². The molecule has 2 atom stereocenters. The number of nitrogens with two attached hydrogens (primary N) is 1. The Balaban J connectivity index is 1.87. The fraction of sp³-hybridized carbons (Fsp3) is 0.636. The maximum atomic E-state index is 15.6. The molecule has 1 aromatic carbocycles. The van der Waals surface area contributed by atoms with Gasteiger partial charge in [0.25, 0.3) is 12.0 Å². The lowest BCUT2D eigenvalue weighted by molar-refractivity contribution is -0.288. The monoisotopic (exact) mass is 546 g/mol. The normalized spacial score (nSPS) is 21.2. The lowest BCUT2D eigenvalue weighted by atomic mass is 9.86. The van der Waals surface area contributed by atoms with Gasteiger partial charge in [0.05, 0.1) is 22.2 Å². The lowest BCUT2D eigenvalue weighted by Crippen LogP contribution is -2.39. The van der Waals surface area contributed by atoms with Crippen LogP contribution in [0.25, 0.3) is 10.9 Å². The van der Waals surface area contributed by atoms with Crippen LogP contribution in [-0.2, 0) is 0 Å². The number of hydrogen-bond donors (Lipinski definition) is 2. The Bertz CT molecular complexity index is 1300. The fourth-order valence-electron chi connectivity index (χ4n) is 5.35. The smallest absolute Gasteiger partial charge is 0.368 e. The highest BCUT2D eigenvalue weighted by Crippen LogP contribution is 2.47. The molecule has 6 nitrogen and oxygen atoms in total. The molecule has 1 aliphatic heterocycles. The maximum absolute atomic E-state index is 15.6. The summed E-state index contributed by atoms with van der Waals surface area (Å²) in [7, 11) is 0. The molecule has 2 heterocycles. The van der Waals surface area contributed by atoms with Crippen LogP contribution < -0.4 is 21.9 Å². The number of anilines is 1. The molecule has 0 radical (unpaired) electrons. The van der Waals surface area contributed by atoms with Gasteiger partial charge in [0.2, 0.25) is 0 Å². The Morgan fingerprint density at radius 1 is 1.03 bits per heavy atom. The number of alkyl halides is 8. The van der Waals surface area contributed by atoms with Gasteiger partial charge in [0, 0.05) is 24.7 Å². The van der Waals surface area contributed by atoms with Gasteiger partial charge < -0.3 is 10.6 Å². The SMILES string of the molecule is Cc1c(N2CC(CN)C(CC(C(F)(F)F)C(F)(F)F)C2)c(F)c(C(F)F)c2c(=O)[nH]c(=O)n(C3CC3)c12. The van der Waals surface area contributed by atoms with E-state index in [0.717, 1.165) is 9.47 Å². The summed E-state index contributed by atoms with van der Waals surface area (Å²) in [5.74, 6) is -7.38. The fourth-order valence-corrected chi connectivity index (χ4v) is 5.35. The van der Waals surface area contributed by atoms with E-state index in [4.69, 9.17) is 5.73 Å². The zero-order chi connectivity index (χ0) is 27.6. The van der Waals surface area contributed by atoms with Gasteiger partial charge >= 0.3 is 18.0 Å². The molecule has 2 fully saturated rings. The molecule has 0 amide bonds. The number of hydrogen-bond acceptors (Lipinski definition) is 4. The van der Waals surface area contributed by atoms with E-state index in [2.05, 4.69) is 0 Å². The number of nitrogens with zero attached hydrogens (tertiary/aromatic N) is 2. The van der Waals surface area contributed by atoms with Crippen LogP contribution in [0.2, 0.25) is 0 Å². The number of nitrogens with one attached hydrogen (secondary N) is 1. The van der Waals surface area contributed by atoms with Gasteiger partial charge in [-0.15, -0.1) is 0 Å². The molecule has 206 valence electrons. The van der Waals surface area contributed by atoms with Crippen LogP contribution in [0.15, 0.2) is 9.59 Å². The minimum atomic E-state index is -5.58. The molecule has 37 heavy (non-hydrogen) atoms. The molecule has 1 saturated heterocycles. The zero-order valence-electron chi connectivity index (χ0n) is 19.3. The van der Waals surface area contributed by atoms with Crippen LogP contribution in [-0.4, -0.2) is 41.5 Å². The van der Waals surface area contributed by atoms with E-state index >= 15 is 4.39 Å². The Morgan fingerprint density at radius 3 is 2.08 bits per heavy atom. The third-order valence-corrected chi connectivity index (χ3v) is 7.22. The number of aromatic nitrogens is 2. The van der Waals surface area contributed by atoms with Crippen LogP contribution in [0.1, 0.15) is 42.9 Å². The van der Waals surface area contributed by atoms with E-state index in [0.29, 0.717) is 12.8 Å². The van der Waals surface area contributed by atoms with Crippen LogP contribution in [0.3, 0.4) is 0 Å². The van der Waals surface area contributed by atoms with E-state index in [9.17, 15) is 44.7 Å². The lowest BCUT2D eigenvalue weighted by Gasteiger charge is -2.28. The Hall–Kier alpha value is -2.71. The Kier molecular flexibility index (Phi) is 6.82. The predicted molar refractivity (Wildman–Crippen MR) is 115 cm³/mol. The molecule has 0 spiro atoms. The molecular weight excluding hydrogens is 523 g/mol. The van der Waals surface area contributed by atoms with E-state index in [1.165, 1.54) is 6.92 Å². The van der Waals surface area contributed by atoms with Gasteiger partial charge in [0.15, 0.2) is 11.7 Å². The summed E-state index contributed by atoms with van der Waals surface area (Å²) >= 11 is 0. The van der Waals surface area contributed by atoms with Crippen molar-refractivity contribution in [2.24, 2.45) is 23.5 Å². The van der Waals surface area contributed by atoms with Crippen molar-refractivity contribution in [2.45, 2.75) is 51.0 Å². The van der Waals surface area contributed by atoms with Crippen LogP contribution in [0.5, 0.6) is 0 Å². The number of aryl methyl sites for hydroxylation is 1. The zero-order valence-corrected chi connectivity index (χ0v) is 19.3. The molecular formula is C22H23F9N4O2. The quantitative estimate of drug-likeness (QED) is 0.521. The first-order chi connectivity index (χ1) is 17.1. The van der Waals surface area contributed by atoms with E-state index in [1.807, 2.05) is 4.98 Å². The highest BCUT2D eigenvalue weighted by Gasteiger charge is 2.58. The highest BCUT2D eigenvalue weighted by atomic mass is 19.4. The first-order valence-electron chi connectivity index (χ1n) is 11.4. The molecule has 0 bridgehead atoms. The summed E-state index contributed by atoms with van der Waals surface area (Å²) in [6.07, 6.45) is -15.0. The summed E-state index contributed by atoms with van der Waals surface area (Å²) in [6.45, 7) is 0.124. The number of benzene rings is 1. The highest BCUT2D eigenvalue weighted by molar-refractivity contribution is 5.90. The molecule has 2 aliphatic rings. The number of halogens is 9. The topological polar surface area (TPSA) is 84.1 Å². The standard InChI is InChI=1S/C22H23F9N4O2/c1-8-16-14(19(36)33-20(37)35(16)11-2-3-11)13(18(24)25)15(23)17(8)34-6-9(10(5-32)7-34)4-12(21(26,27)28)22(29,30)31/h9-12,18H,2-7,32H2,1H3,(H,33,36,37). The van der Waals surface area contributed by atoms with E-state index in [1.54, 1.807) is 0 Å². The average molecular weight is 546 g/mol. The third-order valence-electron chi connectivity index (χ3n) is 7.22. The second-order valence-electron chi connectivity index (χ2n) is 9.62. The molecule has 3 N–H and O–H groups in total. The maximum Gasteiger partial charge on any atom is 0.400 e. The first kappa shape index (κ1) is 27.3. The van der Waals surface area contributed by atoms with Gasteiger partial charge in [0.1, 0.15) is 0 Å². The molecule has 2 aromatic rings. The van der Waals surface area contributed by atoms with Crippen molar-refractivity contribution in [2.75, 3.05) is 24.5 Å². The van der Waals surface area contributed by atoms with E-state index < -0.39 is 89.2 Å². The number of rotatable bonds is 6. The van der Waals surface area contributed by atoms with Crippen LogP contribution in [0, 0.1) is 30.5 Å². The third kappa shape index (κ3) is 4.81. The average Bonchev–Trinajstić information content (AvgIpc) is 3.50. The van der Waals surface area contributed by atoms with Crippen molar-refractivity contribution in [1.29, 1.82) is 0 Å². The molecule has 15 heteroatoms. The van der Waals surface area contributed by atoms with Crippen molar-refractivity contribution in [3.63, 3.8) is 0 Å². The summed E-state index contributed by atoms with van der Waals surface area (Å²) in [5, 5.41) is -0.722. The summed E-state index contributed by atoms with van der Waals surface area (Å²) in [5.41, 5.74) is 1.39. The minimum absolute atomic E-state index is 0.0911. The predicted octanol–water partition coefficient (Wildman–Crippen LogP) is 4.55. The summed E-state index contributed by atoms with van der Waals surface area (Å²) in [4.78, 5) is 28.0. The van der Waals surface area contributed by atoms with E-state index in [-0.39, 0.29) is 24.2 Å². The van der Waals surface area contributed by atoms with Crippen molar-refractivity contribution in [1.82, 2.24) is 9.55 Å². The minimum Gasteiger partial charge on any atom is -0.368 e. The van der Waals surface area contributed by atoms with Crippen molar-refractivity contribution >= 4 is 16.6 Å². The Morgan fingerprint density at radius 2 is 1.59 bits per heavy atom. The van der Waals surface area contributed by atoms with Gasteiger partial charge in [-0.25, -0.2) is 18.0 Å². The molecule has 1 aliphatic carbocycles. The molecule has 1 saturated carbocycles. The van der Waals surface area contributed by atoms with Crippen LogP contribution >= 0.6 is 0 Å². The summed E-state index contributed by atoms with van der Waals surface area (Å²) in [6, 6.07) is -0.433. The van der Waals surface area contributed by atoms with Crippen molar-refractivity contribution in [3.05, 3.63) is 37.8 Å².